The first-order chi connectivity index (χ1) is 33.8. The fraction of sp³-hybridized carbons (Fsp3) is 0.451. The number of hydrogen-bond donors (Lipinski definition) is 10. The van der Waals surface area contributed by atoms with Gasteiger partial charge in [-0.3, -0.25) is 43.3 Å². The number of ketones is 1. The van der Waals surface area contributed by atoms with Crippen LogP contribution in [0.3, 0.4) is 0 Å². The number of amides is 7. The van der Waals surface area contributed by atoms with Crippen LogP contribution < -0.4 is 49.5 Å². The second kappa shape index (κ2) is 27.6. The SMILES string of the molecule is CCCC[C@H](NC(=O)[C@@H](NC(=O)[C@@H](NC(=O)c1ccc2ccccc2n1)[C@@H](C)O)[C@@H](C)CC)C(=O)CC(Cc1ccc2ccccc2c1)C(=O)N[C@@H](CCC(N)=O)C(=O)N[C@@H](CCCN=C(N)N)C(N)=O. The van der Waals surface area contributed by atoms with Gasteiger partial charge in [0.15, 0.2) is 11.7 Å². The van der Waals surface area contributed by atoms with Crippen LogP contribution in [0, 0.1) is 11.8 Å². The lowest BCUT2D eigenvalue weighted by Crippen LogP contribution is -2.59. The van der Waals surface area contributed by atoms with E-state index in [4.69, 9.17) is 22.9 Å². The minimum atomic E-state index is -1.49. The summed E-state index contributed by atoms with van der Waals surface area (Å²) >= 11 is 0. The Labute approximate surface area is 413 Å². The molecule has 0 fully saturated rings. The number of Topliss-reactive ketones (excluding diaryl/α,β-unsaturated/α-hetero) is 1. The molecular weight excluding hydrogens is 911 g/mol. The van der Waals surface area contributed by atoms with Crippen molar-refractivity contribution in [1.29, 1.82) is 0 Å². The third kappa shape index (κ3) is 17.5. The number of aliphatic imine (C=N–C) groups is 1. The summed E-state index contributed by atoms with van der Waals surface area (Å²) < 4.78 is 0. The lowest BCUT2D eigenvalue weighted by atomic mass is 9.88. The van der Waals surface area contributed by atoms with Crippen LogP contribution in [-0.4, -0.2) is 106 Å². The van der Waals surface area contributed by atoms with Gasteiger partial charge >= 0.3 is 0 Å². The molecule has 0 aliphatic rings. The molecule has 0 saturated carbocycles. The molecule has 1 aromatic heterocycles. The van der Waals surface area contributed by atoms with E-state index in [-0.39, 0.29) is 56.7 Å². The van der Waals surface area contributed by atoms with E-state index in [1.807, 2.05) is 68.4 Å². The molecule has 71 heavy (non-hydrogen) atoms. The number of nitrogens with one attached hydrogen (secondary N) is 5. The summed E-state index contributed by atoms with van der Waals surface area (Å²) in [6, 6.07) is 17.1. The first kappa shape index (κ1) is 56.1. The first-order valence-electron chi connectivity index (χ1n) is 24.0. The summed E-state index contributed by atoms with van der Waals surface area (Å²) in [6.07, 6.45) is -0.289. The minimum absolute atomic E-state index is 0.0109. The Hall–Kier alpha value is -7.48. The second-order valence-corrected chi connectivity index (χ2v) is 17.9. The van der Waals surface area contributed by atoms with Crippen LogP contribution in [-0.2, 0) is 40.0 Å². The Bertz CT molecular complexity index is 2550. The molecule has 0 aliphatic carbocycles. The van der Waals surface area contributed by atoms with Gasteiger partial charge in [0.1, 0.15) is 29.9 Å². The Kier molecular flexibility index (Phi) is 21.8. The number of aromatic nitrogens is 1. The number of hydrogen-bond acceptors (Lipinski definition) is 11. The van der Waals surface area contributed by atoms with Crippen LogP contribution in [0.25, 0.3) is 21.7 Å². The maximum atomic E-state index is 14.6. The van der Waals surface area contributed by atoms with Crippen molar-refractivity contribution in [3.8, 4) is 0 Å². The van der Waals surface area contributed by atoms with Crippen molar-refractivity contribution in [2.75, 3.05) is 6.54 Å². The van der Waals surface area contributed by atoms with E-state index < -0.39 is 102 Å². The highest BCUT2D eigenvalue weighted by atomic mass is 16.3. The van der Waals surface area contributed by atoms with Gasteiger partial charge < -0.3 is 54.6 Å². The van der Waals surface area contributed by atoms with Crippen molar-refractivity contribution in [2.24, 2.45) is 39.8 Å². The number of nitrogens with two attached hydrogens (primary N) is 4. The Morgan fingerprint density at radius 1 is 0.648 bits per heavy atom. The summed E-state index contributed by atoms with van der Waals surface area (Å²) in [4.78, 5) is 117. The predicted molar refractivity (Wildman–Crippen MR) is 270 cm³/mol. The van der Waals surface area contributed by atoms with Crippen molar-refractivity contribution in [2.45, 2.75) is 128 Å². The molecule has 0 bridgehead atoms. The zero-order valence-electron chi connectivity index (χ0n) is 40.8. The van der Waals surface area contributed by atoms with Gasteiger partial charge in [-0.25, -0.2) is 4.98 Å². The van der Waals surface area contributed by atoms with Crippen molar-refractivity contribution in [3.63, 3.8) is 0 Å². The normalized spacial score (nSPS) is 14.5. The largest absolute Gasteiger partial charge is 0.391 e. The number of aliphatic hydroxyl groups is 1. The number of rotatable bonds is 29. The van der Waals surface area contributed by atoms with Gasteiger partial charge in [0.25, 0.3) is 5.91 Å². The Balaban J connectivity index is 1.60. The lowest BCUT2D eigenvalue weighted by Gasteiger charge is -2.29. The smallest absolute Gasteiger partial charge is 0.270 e. The van der Waals surface area contributed by atoms with Gasteiger partial charge in [-0.1, -0.05) is 107 Å². The number of guanidine groups is 1. The fourth-order valence-corrected chi connectivity index (χ4v) is 7.94. The van der Waals surface area contributed by atoms with E-state index in [1.165, 1.54) is 13.0 Å². The molecule has 7 amide bonds. The third-order valence-corrected chi connectivity index (χ3v) is 12.3. The molecule has 8 atom stereocenters. The summed E-state index contributed by atoms with van der Waals surface area (Å²) in [7, 11) is 0. The van der Waals surface area contributed by atoms with Crippen molar-refractivity contribution in [1.82, 2.24) is 31.6 Å². The number of carbonyl (C=O) groups is 8. The van der Waals surface area contributed by atoms with Gasteiger partial charge in [-0.2, -0.15) is 0 Å². The summed E-state index contributed by atoms with van der Waals surface area (Å²) in [5.74, 6) is -7.71. The van der Waals surface area contributed by atoms with Crippen LogP contribution in [0.4, 0.5) is 0 Å². The molecule has 0 saturated heterocycles. The molecule has 0 spiro atoms. The molecule has 0 radical (unpaired) electrons. The molecule has 14 N–H and O–H groups in total. The van der Waals surface area contributed by atoms with Gasteiger partial charge in [0.2, 0.25) is 35.4 Å². The molecule has 4 aromatic rings. The number of nitrogens with zero attached hydrogens (tertiary/aromatic N) is 2. The second-order valence-electron chi connectivity index (χ2n) is 17.9. The number of pyridine rings is 1. The molecule has 1 heterocycles. The zero-order valence-corrected chi connectivity index (χ0v) is 40.8. The number of carbonyl (C=O) groups excluding carboxylic acids is 8. The lowest BCUT2D eigenvalue weighted by molar-refractivity contribution is -0.136. The maximum Gasteiger partial charge on any atom is 0.270 e. The molecular formula is C51H69N11O9. The van der Waals surface area contributed by atoms with Crippen molar-refractivity contribution in [3.05, 3.63) is 90.1 Å². The Morgan fingerprint density at radius 3 is 1.92 bits per heavy atom. The number of fused-ring (bicyclic) bond motifs is 2. The van der Waals surface area contributed by atoms with Gasteiger partial charge in [-0.15, -0.1) is 0 Å². The summed E-state index contributed by atoms with van der Waals surface area (Å²) in [5.41, 5.74) is 23.1. The number of unbranched alkanes of at least 4 members (excludes halogenated alkanes) is 1. The van der Waals surface area contributed by atoms with Gasteiger partial charge in [-0.05, 0) is 73.4 Å². The molecule has 3 aromatic carbocycles. The van der Waals surface area contributed by atoms with Crippen LogP contribution in [0.2, 0.25) is 0 Å². The van der Waals surface area contributed by atoms with E-state index in [2.05, 4.69) is 36.6 Å². The van der Waals surface area contributed by atoms with Crippen molar-refractivity contribution < 1.29 is 43.5 Å². The van der Waals surface area contributed by atoms with E-state index in [1.54, 1.807) is 25.1 Å². The highest BCUT2D eigenvalue weighted by molar-refractivity contribution is 6.00. The number of aliphatic hydroxyl groups excluding tert-OH is 1. The zero-order chi connectivity index (χ0) is 52.2. The van der Waals surface area contributed by atoms with Crippen LogP contribution in [0.5, 0.6) is 0 Å². The van der Waals surface area contributed by atoms with Gasteiger partial charge in [0, 0.05) is 30.7 Å². The molecule has 382 valence electrons. The number of para-hydroxylation sites is 1. The Morgan fingerprint density at radius 2 is 1.27 bits per heavy atom. The fourth-order valence-electron chi connectivity index (χ4n) is 7.94. The minimum Gasteiger partial charge on any atom is -0.391 e. The first-order valence-corrected chi connectivity index (χ1v) is 24.0. The summed E-state index contributed by atoms with van der Waals surface area (Å²) in [6.45, 7) is 6.92. The average Bonchev–Trinajstić information content (AvgIpc) is 3.34. The molecule has 0 aliphatic heterocycles. The third-order valence-electron chi connectivity index (χ3n) is 12.3. The van der Waals surface area contributed by atoms with E-state index in [0.29, 0.717) is 30.3 Å². The van der Waals surface area contributed by atoms with E-state index in [9.17, 15) is 43.5 Å². The van der Waals surface area contributed by atoms with E-state index in [0.717, 1.165) is 16.2 Å². The predicted octanol–water partition coefficient (Wildman–Crippen LogP) is 1.67. The molecule has 4 rings (SSSR count). The molecule has 1 unspecified atom stereocenters. The quantitative estimate of drug-likeness (QED) is 0.0211. The molecule has 20 nitrogen and oxygen atoms in total. The van der Waals surface area contributed by atoms with E-state index >= 15 is 0 Å². The molecule has 20 heteroatoms. The van der Waals surface area contributed by atoms with Crippen LogP contribution in [0.1, 0.15) is 102 Å². The van der Waals surface area contributed by atoms with Gasteiger partial charge in [0.05, 0.1) is 17.7 Å². The average molecular weight is 980 g/mol. The standard InChI is InChI=1S/C51H69N11O9/c1-5-7-16-37(58-49(70)43(29(3)6-2)61-50(71)44(30(4)63)62-48(69)39-22-21-33-14-10-11-17-36(33)57-39)41(64)28-35(27-31-19-20-32-13-8-9-15-34(32)26-31)46(67)60-40(23-24-42(52)65)47(68)59-38(45(53)66)18-12-25-56-51(54)55/h8-11,13-15,17,19-22,26,29-30,35,37-38,40,43-44,63H,5-7,12,16,18,23-25,27-28H2,1-4H3,(H2,52,65)(H2,53,66)(H,58,70)(H,59,68)(H,60,67)(H,61,71)(H,62,69)(H4,54,55,56)/t29-,30+,35?,37-,38-,40-,43-,44-/m0/s1. The monoisotopic (exact) mass is 980 g/mol. The highest BCUT2D eigenvalue weighted by Crippen LogP contribution is 2.22. The highest BCUT2D eigenvalue weighted by Gasteiger charge is 2.36. The van der Waals surface area contributed by atoms with Crippen LogP contribution >= 0.6 is 0 Å². The summed E-state index contributed by atoms with van der Waals surface area (Å²) in [5, 5.41) is 26.6. The van der Waals surface area contributed by atoms with Crippen LogP contribution in [0.15, 0.2) is 83.9 Å². The van der Waals surface area contributed by atoms with Crippen molar-refractivity contribution >= 4 is 74.8 Å². The number of benzene rings is 3. The topological polar surface area (TPSA) is 346 Å². The number of primary amides is 2. The maximum absolute atomic E-state index is 14.6.